The normalized spacial score (nSPS) is 11.2. The number of nitrogens with two attached hydrogens (primary N) is 1. The van der Waals surface area contributed by atoms with Crippen molar-refractivity contribution in [1.29, 1.82) is 0 Å². The quantitative estimate of drug-likeness (QED) is 0.208. The number of hydrogen-bond acceptors (Lipinski definition) is 1. The molecule has 1 aromatic heterocycles. The molecule has 0 amide bonds. The number of aryl methyl sites for hydroxylation is 1. The number of terminal acetylenes is 1. The van der Waals surface area contributed by atoms with Gasteiger partial charge in [0.25, 0.3) is 0 Å². The van der Waals surface area contributed by atoms with Crippen molar-refractivity contribution in [2.75, 3.05) is 5.73 Å². The number of rotatable bonds is 5. The molecule has 3 rings (SSSR count). The van der Waals surface area contributed by atoms with Gasteiger partial charge in [-0.1, -0.05) is 95.3 Å². The van der Waals surface area contributed by atoms with E-state index in [2.05, 4.69) is 95.0 Å². The maximum Gasteiger partial charge on any atom is 0.0484 e. The summed E-state index contributed by atoms with van der Waals surface area (Å²) in [4.78, 5) is 0. The zero-order valence-electron chi connectivity index (χ0n) is 25.4. The minimum Gasteiger partial charge on any atom is -0.398 e. The van der Waals surface area contributed by atoms with Crippen LogP contribution in [-0.4, -0.2) is 4.57 Å². The van der Waals surface area contributed by atoms with Crippen LogP contribution in [0.4, 0.5) is 5.69 Å². The van der Waals surface area contributed by atoms with Gasteiger partial charge in [-0.2, -0.15) is 0 Å². The maximum atomic E-state index is 6.02. The van der Waals surface area contributed by atoms with E-state index in [0.29, 0.717) is 0 Å². The lowest BCUT2D eigenvalue weighted by molar-refractivity contribution is 0.922. The fraction of sp³-hybridized carbons (Fsp3) is 0.333. The molecule has 1 heterocycles. The summed E-state index contributed by atoms with van der Waals surface area (Å²) in [6.07, 6.45) is 16.1. The van der Waals surface area contributed by atoms with Crippen molar-refractivity contribution in [3.05, 3.63) is 94.7 Å². The predicted octanol–water partition coefficient (Wildman–Crippen LogP) is 8.70. The molecule has 0 saturated heterocycles. The van der Waals surface area contributed by atoms with E-state index in [-0.39, 0.29) is 0 Å². The van der Waals surface area contributed by atoms with Crippen LogP contribution in [0.5, 0.6) is 0 Å². The maximum absolute atomic E-state index is 6.02. The fourth-order valence-electron chi connectivity index (χ4n) is 4.12. The largest absolute Gasteiger partial charge is 0.398 e. The van der Waals surface area contributed by atoms with Gasteiger partial charge in [-0.15, -0.1) is 12.3 Å². The second kappa shape index (κ2) is 19.4. The topological polar surface area (TPSA) is 30.9 Å². The third-order valence-corrected chi connectivity index (χ3v) is 6.02. The molecule has 2 aromatic carbocycles. The van der Waals surface area contributed by atoms with Gasteiger partial charge in [0.15, 0.2) is 0 Å². The fourth-order valence-corrected chi connectivity index (χ4v) is 4.12. The lowest BCUT2D eigenvalue weighted by Gasteiger charge is -2.08. The number of allylic oxidation sites excluding steroid dienone is 3. The molecule has 204 valence electrons. The molecule has 0 fully saturated rings. The van der Waals surface area contributed by atoms with Gasteiger partial charge < -0.3 is 10.3 Å². The van der Waals surface area contributed by atoms with Crippen molar-refractivity contribution in [2.45, 2.75) is 81.6 Å². The van der Waals surface area contributed by atoms with E-state index in [9.17, 15) is 0 Å². The molecule has 3 aromatic rings. The van der Waals surface area contributed by atoms with Crippen molar-refractivity contribution < 1.29 is 0 Å². The Bertz CT molecular complexity index is 1300. The first-order valence-electron chi connectivity index (χ1n) is 13.8. The minimum absolute atomic E-state index is 0.847. The summed E-state index contributed by atoms with van der Waals surface area (Å²) < 4.78 is 2.28. The number of hydrogen-bond donors (Lipinski definition) is 1. The third kappa shape index (κ3) is 9.98. The van der Waals surface area contributed by atoms with Crippen LogP contribution in [0.25, 0.3) is 29.0 Å². The molecule has 0 radical (unpaired) electrons. The van der Waals surface area contributed by atoms with Crippen LogP contribution in [0.1, 0.15) is 78.1 Å². The van der Waals surface area contributed by atoms with Crippen LogP contribution < -0.4 is 16.3 Å². The first kappa shape index (κ1) is 34.3. The van der Waals surface area contributed by atoms with E-state index in [1.165, 1.54) is 38.6 Å². The monoisotopic (exact) mass is 510 g/mol. The Balaban J connectivity index is 0.000000598. The summed E-state index contributed by atoms with van der Waals surface area (Å²) in [6.45, 7) is 22.5. The molecule has 0 aliphatic heterocycles. The molecular weight excluding hydrogens is 460 g/mol. The molecule has 0 atom stereocenters. The van der Waals surface area contributed by atoms with Crippen molar-refractivity contribution in [3.8, 4) is 23.5 Å². The number of aromatic nitrogens is 1. The molecule has 0 aliphatic carbocycles. The predicted molar refractivity (Wildman–Crippen MR) is 174 cm³/mol. The average Bonchev–Trinajstić information content (AvgIpc) is 3.20. The van der Waals surface area contributed by atoms with Crippen molar-refractivity contribution in [1.82, 2.24) is 4.57 Å². The van der Waals surface area contributed by atoms with Crippen LogP contribution >= 0.6 is 0 Å². The Morgan fingerprint density at radius 1 is 1.03 bits per heavy atom. The molecule has 0 spiro atoms. The Morgan fingerprint density at radius 3 is 2.11 bits per heavy atom. The summed E-state index contributed by atoms with van der Waals surface area (Å²) in [5, 5.41) is 2.60. The van der Waals surface area contributed by atoms with Crippen LogP contribution in [0, 0.1) is 26.2 Å². The van der Waals surface area contributed by atoms with Gasteiger partial charge in [-0.05, 0) is 81.2 Å². The highest BCUT2D eigenvalue weighted by Crippen LogP contribution is 2.27. The number of nitrogens with zero attached hydrogens (tertiary/aromatic N) is 1. The highest BCUT2D eigenvalue weighted by Gasteiger charge is 2.07. The Labute approximate surface area is 233 Å². The van der Waals surface area contributed by atoms with E-state index < -0.39 is 0 Å². The van der Waals surface area contributed by atoms with Gasteiger partial charge in [0.05, 0.1) is 0 Å². The molecule has 2 heteroatoms. The van der Waals surface area contributed by atoms with Gasteiger partial charge in [-0.25, -0.2) is 0 Å². The molecule has 38 heavy (non-hydrogen) atoms. The van der Waals surface area contributed by atoms with E-state index in [1.54, 1.807) is 0 Å². The van der Waals surface area contributed by atoms with Gasteiger partial charge >= 0.3 is 0 Å². The van der Waals surface area contributed by atoms with Crippen LogP contribution in [0.15, 0.2) is 67.3 Å². The van der Waals surface area contributed by atoms with E-state index >= 15 is 0 Å². The summed E-state index contributed by atoms with van der Waals surface area (Å²) in [5.41, 5.74) is 14.4. The third-order valence-electron chi connectivity index (χ3n) is 6.02. The average molecular weight is 511 g/mol. The Morgan fingerprint density at radius 2 is 1.63 bits per heavy atom. The molecule has 0 saturated carbocycles. The Hall–Kier alpha value is -3.70. The minimum atomic E-state index is 0.847. The molecule has 2 nitrogen and oxygen atoms in total. The molecule has 0 unspecified atom stereocenters. The summed E-state index contributed by atoms with van der Waals surface area (Å²) in [5.74, 6) is 2.43. The lowest BCUT2D eigenvalue weighted by atomic mass is 9.99. The van der Waals surface area contributed by atoms with Gasteiger partial charge in [-0.3, -0.25) is 0 Å². The SMILES string of the molecule is C#CCC.C=C/C=C(\C)n1c(C)c(C)c(=C/C)/c1=C\C.CC.CCCc1ccc(N)c(-c2ccccc2)c1. The summed E-state index contributed by atoms with van der Waals surface area (Å²) in [6, 6.07) is 16.6. The zero-order chi connectivity index (χ0) is 29.1. The smallest absolute Gasteiger partial charge is 0.0484 e. The first-order chi connectivity index (χ1) is 18.3. The standard InChI is InChI=1S/C15H17N.C15H21N.C4H6.C2H6/c1-2-6-12-9-10-15(16)14(11-12)13-7-4-3-5-8-13;1-7-10-11(4)16-13(6)12(5)14(8-2)15(16)9-3;1-3-4-2;1-2/h3-5,7-11H,2,6,16H2,1H3;7-10H,1H2,2-6H3;1H,4H2,2H3;1-2H3/b;11-10+,14-8-,15-9+;;. The molecule has 2 N–H and O–H groups in total. The van der Waals surface area contributed by atoms with Crippen LogP contribution in [0.2, 0.25) is 0 Å². The van der Waals surface area contributed by atoms with Crippen LogP contribution in [0.3, 0.4) is 0 Å². The van der Waals surface area contributed by atoms with Gasteiger partial charge in [0.2, 0.25) is 0 Å². The molecule has 0 aliphatic rings. The Kier molecular flexibility index (Phi) is 17.5. The second-order valence-corrected chi connectivity index (χ2v) is 8.56. The van der Waals surface area contributed by atoms with E-state index in [0.717, 1.165) is 30.5 Å². The molecule has 0 bridgehead atoms. The van der Waals surface area contributed by atoms with Crippen molar-refractivity contribution in [3.63, 3.8) is 0 Å². The van der Waals surface area contributed by atoms with Crippen molar-refractivity contribution in [2.24, 2.45) is 0 Å². The van der Waals surface area contributed by atoms with Crippen molar-refractivity contribution >= 4 is 23.5 Å². The van der Waals surface area contributed by atoms with Gasteiger partial charge in [0.1, 0.15) is 0 Å². The highest BCUT2D eigenvalue weighted by molar-refractivity contribution is 5.76. The summed E-state index contributed by atoms with van der Waals surface area (Å²) in [7, 11) is 0. The second-order valence-electron chi connectivity index (χ2n) is 8.56. The summed E-state index contributed by atoms with van der Waals surface area (Å²) >= 11 is 0. The number of nitrogen functional groups attached to an aromatic ring is 1. The van der Waals surface area contributed by atoms with E-state index in [1.807, 2.05) is 57.2 Å². The van der Waals surface area contributed by atoms with Crippen LogP contribution in [-0.2, 0) is 6.42 Å². The zero-order valence-corrected chi connectivity index (χ0v) is 25.4. The van der Waals surface area contributed by atoms with Gasteiger partial charge in [0, 0.05) is 34.4 Å². The number of anilines is 1. The molecular formula is C36H50N2. The van der Waals surface area contributed by atoms with E-state index in [4.69, 9.17) is 12.2 Å². The lowest BCUT2D eigenvalue weighted by Crippen LogP contribution is -2.28. The number of benzene rings is 2. The first-order valence-corrected chi connectivity index (χ1v) is 13.8. The highest BCUT2D eigenvalue weighted by atomic mass is 15.0.